The summed E-state index contributed by atoms with van der Waals surface area (Å²) in [7, 11) is 4.02. The van der Waals surface area contributed by atoms with Crippen molar-refractivity contribution in [3.63, 3.8) is 0 Å². The Kier molecular flexibility index (Phi) is 9.05. The van der Waals surface area contributed by atoms with Gasteiger partial charge in [-0.25, -0.2) is 4.98 Å². The van der Waals surface area contributed by atoms with Gasteiger partial charge in [-0.05, 0) is 65.2 Å². The van der Waals surface area contributed by atoms with Gasteiger partial charge in [0.15, 0.2) is 17.4 Å². The summed E-state index contributed by atoms with van der Waals surface area (Å²) in [4.78, 5) is 33.2. The fourth-order valence-electron chi connectivity index (χ4n) is 2.86. The highest BCUT2D eigenvalue weighted by atomic mass is 16.3. The molecule has 0 atom stereocenters. The van der Waals surface area contributed by atoms with Gasteiger partial charge in [-0.15, -0.1) is 0 Å². The van der Waals surface area contributed by atoms with Crippen molar-refractivity contribution in [3.05, 3.63) is 64.8 Å². The van der Waals surface area contributed by atoms with Crippen molar-refractivity contribution in [2.75, 3.05) is 27.2 Å². The number of hydrogen-bond donors (Lipinski definition) is 1. The molecule has 1 heterocycles. The third-order valence-corrected chi connectivity index (χ3v) is 5.71. The van der Waals surface area contributed by atoms with Gasteiger partial charge in [0.25, 0.3) is 5.91 Å². The topological polar surface area (TPSA) is 78.7 Å². The van der Waals surface area contributed by atoms with Crippen LogP contribution in [0.4, 0.5) is 0 Å². The molecule has 1 fully saturated rings. The van der Waals surface area contributed by atoms with Gasteiger partial charge in [0, 0.05) is 44.5 Å². The second kappa shape index (κ2) is 11.5. The highest BCUT2D eigenvalue weighted by molar-refractivity contribution is 5.95. The third kappa shape index (κ3) is 7.25. The summed E-state index contributed by atoms with van der Waals surface area (Å²) in [5.74, 6) is 0.559. The van der Waals surface area contributed by atoms with E-state index in [0.29, 0.717) is 23.1 Å². The predicted octanol–water partition coefficient (Wildman–Crippen LogP) is 4.39. The zero-order valence-corrected chi connectivity index (χ0v) is 20.4. The van der Waals surface area contributed by atoms with Gasteiger partial charge in [-0.2, -0.15) is 0 Å². The lowest BCUT2D eigenvalue weighted by atomic mass is 10.1. The molecule has 1 saturated carbocycles. The van der Waals surface area contributed by atoms with Crippen LogP contribution in [-0.2, 0) is 4.79 Å². The van der Waals surface area contributed by atoms with Crippen molar-refractivity contribution in [1.29, 1.82) is 0 Å². The molecule has 0 aliphatic heterocycles. The van der Waals surface area contributed by atoms with E-state index in [0.717, 1.165) is 37.3 Å². The van der Waals surface area contributed by atoms with Gasteiger partial charge >= 0.3 is 0 Å². The zero-order valence-electron chi connectivity index (χ0n) is 20.4. The maximum absolute atomic E-state index is 12.8. The number of amides is 1. The number of nitrogens with zero attached hydrogens (tertiary/aromatic N) is 3. The number of rotatable bonds is 11. The predicted molar refractivity (Wildman–Crippen MR) is 127 cm³/mol. The Balaban J connectivity index is 2.17. The molecule has 1 amide bonds. The Morgan fingerprint density at radius 3 is 2.41 bits per heavy atom. The highest BCUT2D eigenvalue weighted by Crippen LogP contribution is 2.39. The molecular formula is C25H36N4O3. The van der Waals surface area contributed by atoms with Crippen LogP contribution in [-0.4, -0.2) is 53.7 Å². The normalized spacial score (nSPS) is 15.6. The summed E-state index contributed by atoms with van der Waals surface area (Å²) in [6, 6.07) is 0. The van der Waals surface area contributed by atoms with Crippen LogP contribution in [0.25, 0.3) is 0 Å². The van der Waals surface area contributed by atoms with Gasteiger partial charge in [0.2, 0.25) is 0 Å². The minimum atomic E-state index is -0.349. The molecule has 0 unspecified atom stereocenters. The van der Waals surface area contributed by atoms with E-state index in [1.807, 2.05) is 40.1 Å². The van der Waals surface area contributed by atoms with Crippen molar-refractivity contribution < 1.29 is 14.0 Å². The summed E-state index contributed by atoms with van der Waals surface area (Å²) in [6.07, 6.45) is 11.3. The van der Waals surface area contributed by atoms with Crippen molar-refractivity contribution in [1.82, 2.24) is 20.1 Å². The Bertz CT molecular complexity index is 948. The number of nitrogens with one attached hydrogen (secondary N) is 1. The number of carbonyl (C=O) groups is 2. The quantitative estimate of drug-likeness (QED) is 0.406. The number of aromatic nitrogens is 1. The number of allylic oxidation sites excluding steroid dienone is 7. The van der Waals surface area contributed by atoms with Crippen LogP contribution in [0.1, 0.15) is 69.8 Å². The Hall–Kier alpha value is -3.09. The van der Waals surface area contributed by atoms with Gasteiger partial charge in [0.05, 0.1) is 5.70 Å². The first-order valence-corrected chi connectivity index (χ1v) is 11.0. The van der Waals surface area contributed by atoms with Crippen LogP contribution in [0.3, 0.4) is 0 Å². The minimum Gasteiger partial charge on any atom is -0.448 e. The fraction of sp³-hybridized carbons (Fsp3) is 0.480. The fourth-order valence-corrected chi connectivity index (χ4v) is 2.86. The van der Waals surface area contributed by atoms with Crippen molar-refractivity contribution in [2.24, 2.45) is 0 Å². The number of oxazole rings is 1. The minimum absolute atomic E-state index is 0.0471. The molecule has 1 aromatic rings. The molecule has 0 radical (unpaired) electrons. The summed E-state index contributed by atoms with van der Waals surface area (Å²) in [6.45, 7) is 10.8. The molecule has 7 nitrogen and oxygen atoms in total. The number of ketones is 1. The molecule has 1 aliphatic rings. The molecule has 0 aromatic carbocycles. The average Bonchev–Trinajstić information content (AvgIpc) is 3.50. The lowest BCUT2D eigenvalue weighted by molar-refractivity contribution is -0.113. The molecule has 2 rings (SSSR count). The number of hydrogen-bond acceptors (Lipinski definition) is 6. The molecule has 0 bridgehead atoms. The molecule has 32 heavy (non-hydrogen) atoms. The molecule has 0 spiro atoms. The number of Topliss-reactive ketones (excluding diaryl/α,β-unsaturated/α-hetero) is 1. The van der Waals surface area contributed by atoms with E-state index < -0.39 is 0 Å². The zero-order chi connectivity index (χ0) is 23.8. The lowest BCUT2D eigenvalue weighted by Crippen LogP contribution is -2.32. The Labute approximate surface area is 191 Å². The number of likely N-dealkylation sites (N-methyl/N-ethyl adjacent to an activating group) is 2. The maximum Gasteiger partial charge on any atom is 0.277 e. The van der Waals surface area contributed by atoms with E-state index in [1.54, 1.807) is 13.0 Å². The highest BCUT2D eigenvalue weighted by Gasteiger charge is 2.29. The molecule has 7 heteroatoms. The Morgan fingerprint density at radius 1 is 1.16 bits per heavy atom. The lowest BCUT2D eigenvalue weighted by Gasteiger charge is -2.27. The SMILES string of the molecule is CC=CC=C(C)N(C)CCN(C)C(C)=C(C=C(C)C(C)=O)NC(=O)c1coc(C2CC2)n1. The van der Waals surface area contributed by atoms with Crippen molar-refractivity contribution in [3.8, 4) is 0 Å². The summed E-state index contributed by atoms with van der Waals surface area (Å²) in [5, 5.41) is 2.92. The van der Waals surface area contributed by atoms with Gasteiger partial charge in [-0.1, -0.05) is 12.2 Å². The van der Waals surface area contributed by atoms with E-state index in [9.17, 15) is 9.59 Å². The second-order valence-electron chi connectivity index (χ2n) is 8.36. The molecular weight excluding hydrogens is 404 g/mol. The van der Waals surface area contributed by atoms with Gasteiger partial charge < -0.3 is 19.5 Å². The third-order valence-electron chi connectivity index (χ3n) is 5.71. The van der Waals surface area contributed by atoms with E-state index in [4.69, 9.17) is 4.42 Å². The first kappa shape index (κ1) is 25.2. The standard InChI is InChI=1S/C25H36N4O3/c1-8-9-10-18(3)28(6)13-14-29(7)19(4)22(15-17(2)20(5)30)26-24(31)23-16-32-25(27-23)21-11-12-21/h8-10,15-16,21H,11-14H2,1-7H3,(H,26,31). The van der Waals surface area contributed by atoms with Crippen molar-refractivity contribution >= 4 is 11.7 Å². The van der Waals surface area contributed by atoms with Crippen LogP contribution in [0.2, 0.25) is 0 Å². The van der Waals surface area contributed by atoms with Crippen LogP contribution in [0.15, 0.2) is 57.6 Å². The maximum atomic E-state index is 12.8. The van der Waals surface area contributed by atoms with Gasteiger partial charge in [-0.3, -0.25) is 9.59 Å². The second-order valence-corrected chi connectivity index (χ2v) is 8.36. The van der Waals surface area contributed by atoms with Gasteiger partial charge in [0.1, 0.15) is 6.26 Å². The monoisotopic (exact) mass is 440 g/mol. The van der Waals surface area contributed by atoms with Crippen LogP contribution < -0.4 is 5.32 Å². The summed E-state index contributed by atoms with van der Waals surface area (Å²) < 4.78 is 5.45. The average molecular weight is 441 g/mol. The molecule has 0 saturated heterocycles. The van der Waals surface area contributed by atoms with E-state index in [1.165, 1.54) is 13.2 Å². The first-order valence-electron chi connectivity index (χ1n) is 11.0. The molecule has 1 aromatic heterocycles. The van der Waals surface area contributed by atoms with E-state index in [-0.39, 0.29) is 17.4 Å². The van der Waals surface area contributed by atoms with Crippen LogP contribution >= 0.6 is 0 Å². The first-order chi connectivity index (χ1) is 15.1. The summed E-state index contributed by atoms with van der Waals surface area (Å²) in [5.41, 5.74) is 3.40. The van der Waals surface area contributed by atoms with E-state index in [2.05, 4.69) is 33.1 Å². The Morgan fingerprint density at radius 2 is 1.81 bits per heavy atom. The summed E-state index contributed by atoms with van der Waals surface area (Å²) >= 11 is 0. The van der Waals surface area contributed by atoms with Crippen molar-refractivity contribution in [2.45, 2.75) is 53.4 Å². The van der Waals surface area contributed by atoms with E-state index >= 15 is 0 Å². The molecule has 1 aliphatic carbocycles. The smallest absolute Gasteiger partial charge is 0.277 e. The molecule has 1 N–H and O–H groups in total. The molecule has 174 valence electrons. The largest absolute Gasteiger partial charge is 0.448 e. The van der Waals surface area contributed by atoms with Crippen LogP contribution in [0, 0.1) is 0 Å². The number of carbonyl (C=O) groups excluding carboxylic acids is 2. The van der Waals surface area contributed by atoms with Crippen LogP contribution in [0.5, 0.6) is 0 Å².